The molecule has 1 aliphatic rings. The van der Waals surface area contributed by atoms with Crippen LogP contribution in [0.15, 0.2) is 12.1 Å². The van der Waals surface area contributed by atoms with Crippen molar-refractivity contribution in [2.24, 2.45) is 0 Å². The topological polar surface area (TPSA) is 47.7 Å². The molecule has 5 heteroatoms. The van der Waals surface area contributed by atoms with Crippen LogP contribution >= 0.6 is 0 Å². The summed E-state index contributed by atoms with van der Waals surface area (Å²) in [5, 5.41) is 8.56. The van der Waals surface area contributed by atoms with Crippen molar-refractivity contribution in [3.8, 4) is 0 Å². The Bertz CT molecular complexity index is 532. The summed E-state index contributed by atoms with van der Waals surface area (Å²) < 4.78 is 4.36. The first-order valence-corrected chi connectivity index (χ1v) is 6.55. The first-order valence-electron chi connectivity index (χ1n) is 6.55. The van der Waals surface area contributed by atoms with Crippen LogP contribution in [0.3, 0.4) is 0 Å². The molecule has 0 aliphatic carbocycles. The lowest BCUT2D eigenvalue weighted by Gasteiger charge is -2.16. The maximum atomic E-state index is 4.29. The number of nitrogens with zero attached hydrogens (tertiary/aromatic N) is 4. The number of aromatic nitrogens is 4. The van der Waals surface area contributed by atoms with Gasteiger partial charge < -0.3 is 9.99 Å². The van der Waals surface area contributed by atoms with E-state index in [0.29, 0.717) is 0 Å². The Morgan fingerprint density at radius 1 is 1.17 bits per heavy atom. The van der Waals surface area contributed by atoms with E-state index in [1.807, 2.05) is 0 Å². The van der Waals surface area contributed by atoms with E-state index in [-0.39, 0.29) is 0 Å². The summed E-state index contributed by atoms with van der Waals surface area (Å²) in [5.41, 5.74) is 5.83. The van der Waals surface area contributed by atoms with Crippen LogP contribution < -0.4 is 5.43 Å². The molecule has 0 amide bonds. The average molecular weight is 245 g/mol. The zero-order valence-corrected chi connectivity index (χ0v) is 11.0. The molecule has 0 aromatic carbocycles. The quantitative estimate of drug-likeness (QED) is 0.896. The van der Waals surface area contributed by atoms with Crippen LogP contribution in [0, 0.1) is 13.8 Å². The van der Waals surface area contributed by atoms with Gasteiger partial charge >= 0.3 is 0 Å². The molecule has 0 spiro atoms. The molecule has 3 heterocycles. The van der Waals surface area contributed by atoms with Crippen molar-refractivity contribution in [3.63, 3.8) is 0 Å². The zero-order chi connectivity index (χ0) is 12.5. The van der Waals surface area contributed by atoms with E-state index < -0.39 is 0 Å². The predicted molar refractivity (Wildman–Crippen MR) is 69.9 cm³/mol. The highest BCUT2D eigenvalue weighted by atomic mass is 15.4. The second-order valence-corrected chi connectivity index (χ2v) is 4.93. The van der Waals surface area contributed by atoms with Gasteiger partial charge in [-0.1, -0.05) is 0 Å². The van der Waals surface area contributed by atoms with Gasteiger partial charge in [0, 0.05) is 24.4 Å². The van der Waals surface area contributed by atoms with Gasteiger partial charge in [0.2, 0.25) is 0 Å². The second kappa shape index (κ2) is 4.48. The van der Waals surface area contributed by atoms with Gasteiger partial charge in [0.1, 0.15) is 5.82 Å². The molecule has 18 heavy (non-hydrogen) atoms. The van der Waals surface area contributed by atoms with Crippen LogP contribution in [-0.2, 0) is 19.5 Å². The highest BCUT2D eigenvalue weighted by Crippen LogP contribution is 2.14. The number of nitrogens with one attached hydrogen (secondary N) is 1. The largest absolute Gasteiger partial charge is 0.318 e. The molecule has 0 fully saturated rings. The Kier molecular flexibility index (Phi) is 2.81. The summed E-state index contributed by atoms with van der Waals surface area (Å²) in [6, 6.07) is 4.23. The monoisotopic (exact) mass is 245 g/mol. The third kappa shape index (κ3) is 1.89. The molecular weight excluding hydrogens is 226 g/mol. The normalized spacial score (nSPS) is 14.6. The maximum absolute atomic E-state index is 4.29. The third-order valence-corrected chi connectivity index (χ3v) is 3.60. The molecule has 2 aromatic heterocycles. The van der Waals surface area contributed by atoms with Gasteiger partial charge in [0.15, 0.2) is 5.82 Å². The van der Waals surface area contributed by atoms with Crippen molar-refractivity contribution in [1.29, 1.82) is 0 Å². The predicted octanol–water partition coefficient (Wildman–Crippen LogP) is 1.78. The summed E-state index contributed by atoms with van der Waals surface area (Å²) in [6.45, 7) is 5.98. The molecule has 5 nitrogen and oxygen atoms in total. The van der Waals surface area contributed by atoms with Gasteiger partial charge in [0.25, 0.3) is 0 Å². The van der Waals surface area contributed by atoms with Crippen LogP contribution in [0.5, 0.6) is 0 Å². The fourth-order valence-corrected chi connectivity index (χ4v) is 2.57. The van der Waals surface area contributed by atoms with Crippen LogP contribution in [0.2, 0.25) is 0 Å². The average Bonchev–Trinajstić information content (AvgIpc) is 2.93. The summed E-state index contributed by atoms with van der Waals surface area (Å²) in [6.07, 6.45) is 3.54. The van der Waals surface area contributed by atoms with Crippen LogP contribution in [0.4, 0.5) is 0 Å². The number of fused-ring (bicyclic) bond motifs is 1. The van der Waals surface area contributed by atoms with E-state index in [9.17, 15) is 0 Å². The molecule has 0 radical (unpaired) electrons. The first-order chi connectivity index (χ1) is 8.75. The van der Waals surface area contributed by atoms with E-state index in [1.54, 1.807) is 0 Å². The lowest BCUT2D eigenvalue weighted by atomic mass is 10.2. The second-order valence-electron chi connectivity index (χ2n) is 4.93. The molecule has 3 rings (SSSR count). The van der Waals surface area contributed by atoms with Crippen molar-refractivity contribution in [2.75, 3.05) is 5.43 Å². The number of aryl methyl sites for hydroxylation is 3. The minimum Gasteiger partial charge on any atom is -0.318 e. The molecule has 0 saturated heterocycles. The fourth-order valence-electron chi connectivity index (χ4n) is 2.57. The first kappa shape index (κ1) is 11.3. The smallest absolute Gasteiger partial charge is 0.154 e. The highest BCUT2D eigenvalue weighted by Gasteiger charge is 2.15. The number of rotatable bonds is 3. The summed E-state index contributed by atoms with van der Waals surface area (Å²) in [5.74, 6) is 2.18. The maximum Gasteiger partial charge on any atom is 0.154 e. The molecule has 2 aromatic rings. The summed E-state index contributed by atoms with van der Waals surface area (Å²) in [4.78, 5) is 0. The number of hydrogen-bond donors (Lipinski definition) is 1. The van der Waals surface area contributed by atoms with Gasteiger partial charge in [-0.25, -0.2) is 0 Å². The Labute approximate surface area is 107 Å². The van der Waals surface area contributed by atoms with Gasteiger partial charge in [-0.15, -0.1) is 10.2 Å². The Balaban J connectivity index is 1.76. The van der Waals surface area contributed by atoms with Crippen molar-refractivity contribution >= 4 is 0 Å². The van der Waals surface area contributed by atoms with Gasteiger partial charge in [-0.2, -0.15) is 0 Å². The van der Waals surface area contributed by atoms with E-state index in [0.717, 1.165) is 31.2 Å². The third-order valence-electron chi connectivity index (χ3n) is 3.60. The van der Waals surface area contributed by atoms with Crippen molar-refractivity contribution < 1.29 is 0 Å². The Morgan fingerprint density at radius 3 is 2.72 bits per heavy atom. The molecule has 0 saturated carbocycles. The van der Waals surface area contributed by atoms with Gasteiger partial charge in [-0.3, -0.25) is 4.68 Å². The molecule has 96 valence electrons. The number of hydrogen-bond acceptors (Lipinski definition) is 3. The van der Waals surface area contributed by atoms with Crippen LogP contribution in [0.25, 0.3) is 0 Å². The fraction of sp³-hybridized carbons (Fsp3) is 0.538. The summed E-state index contributed by atoms with van der Waals surface area (Å²) >= 11 is 0. The molecule has 0 bridgehead atoms. The van der Waals surface area contributed by atoms with Crippen LogP contribution in [-0.4, -0.2) is 19.4 Å². The van der Waals surface area contributed by atoms with E-state index in [4.69, 9.17) is 0 Å². The lowest BCUT2D eigenvalue weighted by Crippen LogP contribution is -2.21. The van der Waals surface area contributed by atoms with Gasteiger partial charge in [-0.05, 0) is 38.8 Å². The minimum atomic E-state index is 0.726. The van der Waals surface area contributed by atoms with Crippen molar-refractivity contribution in [1.82, 2.24) is 19.4 Å². The Hall–Kier alpha value is -1.78. The SMILES string of the molecule is Cc1ccc(C)n1NCc1nnc2n1CCCC2. The minimum absolute atomic E-state index is 0.726. The molecule has 0 atom stereocenters. The lowest BCUT2D eigenvalue weighted by molar-refractivity contribution is 0.507. The van der Waals surface area contributed by atoms with E-state index >= 15 is 0 Å². The van der Waals surface area contributed by atoms with Crippen molar-refractivity contribution in [3.05, 3.63) is 35.2 Å². The van der Waals surface area contributed by atoms with E-state index in [2.05, 4.69) is 50.8 Å². The van der Waals surface area contributed by atoms with Crippen LogP contribution in [0.1, 0.15) is 35.9 Å². The standard InChI is InChI=1S/C13H19N5/c1-10-6-7-11(2)18(10)14-9-13-16-15-12-5-3-4-8-17(12)13/h6-7,14H,3-5,8-9H2,1-2H3. The molecular formula is C13H19N5. The molecule has 1 N–H and O–H groups in total. The Morgan fingerprint density at radius 2 is 1.94 bits per heavy atom. The highest BCUT2D eigenvalue weighted by molar-refractivity contribution is 5.15. The van der Waals surface area contributed by atoms with Crippen molar-refractivity contribution in [2.45, 2.75) is 46.2 Å². The van der Waals surface area contributed by atoms with Gasteiger partial charge in [0.05, 0.1) is 6.54 Å². The zero-order valence-electron chi connectivity index (χ0n) is 11.0. The molecule has 0 unspecified atom stereocenters. The molecule has 1 aliphatic heterocycles. The summed E-state index contributed by atoms with van der Waals surface area (Å²) in [7, 11) is 0. The van der Waals surface area contributed by atoms with E-state index in [1.165, 1.54) is 24.2 Å².